The Morgan fingerprint density at radius 3 is 1.93 bits per heavy atom. The number of imide groups is 1. The fourth-order valence-electron chi connectivity index (χ4n) is 3.18. The molecule has 1 aliphatic rings. The van der Waals surface area contributed by atoms with E-state index in [1.807, 2.05) is 0 Å². The Morgan fingerprint density at radius 1 is 0.926 bits per heavy atom. The van der Waals surface area contributed by atoms with E-state index in [0.717, 1.165) is 4.90 Å². The maximum Gasteiger partial charge on any atom is 0.330 e. The van der Waals surface area contributed by atoms with E-state index in [9.17, 15) is 18.8 Å². The highest BCUT2D eigenvalue weighted by atomic mass is 19.1. The largest absolute Gasteiger partial charge is 0.456 e. The topological polar surface area (TPSA) is 63.7 Å². The van der Waals surface area contributed by atoms with Crippen LogP contribution in [-0.4, -0.2) is 28.7 Å². The van der Waals surface area contributed by atoms with Crippen molar-refractivity contribution < 1.29 is 23.5 Å². The molecule has 3 rings (SSSR count). The van der Waals surface area contributed by atoms with Crippen LogP contribution in [0.3, 0.4) is 0 Å². The Morgan fingerprint density at radius 2 is 1.44 bits per heavy atom. The quantitative estimate of drug-likeness (QED) is 0.595. The molecular weight excluding hydrogens is 349 g/mol. The van der Waals surface area contributed by atoms with E-state index in [2.05, 4.69) is 0 Å². The highest BCUT2D eigenvalue weighted by molar-refractivity contribution is 6.22. The number of nitrogens with zero attached hydrogens (tertiary/aromatic N) is 1. The van der Waals surface area contributed by atoms with Crippen LogP contribution in [0.25, 0.3) is 0 Å². The molecule has 0 unspecified atom stereocenters. The number of halogens is 1. The van der Waals surface area contributed by atoms with Gasteiger partial charge in [-0.25, -0.2) is 9.18 Å². The Labute approximate surface area is 156 Å². The molecule has 0 saturated carbocycles. The van der Waals surface area contributed by atoms with E-state index in [-0.39, 0.29) is 22.9 Å². The fraction of sp³-hybridized carbons (Fsp3) is 0.286. The number of fused-ring (bicyclic) bond motifs is 1. The first-order chi connectivity index (χ1) is 12.8. The van der Waals surface area contributed by atoms with Crippen LogP contribution < -0.4 is 0 Å². The molecule has 0 radical (unpaired) electrons. The van der Waals surface area contributed by atoms with E-state index >= 15 is 0 Å². The van der Waals surface area contributed by atoms with Gasteiger partial charge in [-0.2, -0.15) is 0 Å². The molecule has 2 aromatic rings. The predicted octanol–water partition coefficient (Wildman–Crippen LogP) is 3.75. The Balaban J connectivity index is 1.84. The maximum absolute atomic E-state index is 13.1. The fourth-order valence-corrected chi connectivity index (χ4v) is 3.18. The zero-order valence-corrected chi connectivity index (χ0v) is 15.3. The first-order valence-electron chi connectivity index (χ1n) is 8.74. The summed E-state index contributed by atoms with van der Waals surface area (Å²) in [6.07, 6.45) is -0.644. The summed E-state index contributed by atoms with van der Waals surface area (Å²) in [5.41, 5.74) is 1.19. The molecule has 2 amide bonds. The van der Waals surface area contributed by atoms with E-state index in [1.54, 1.807) is 45.0 Å². The number of hydrogen-bond donors (Lipinski definition) is 0. The van der Waals surface area contributed by atoms with E-state index in [4.69, 9.17) is 4.74 Å². The van der Waals surface area contributed by atoms with Gasteiger partial charge in [0, 0.05) is 0 Å². The molecule has 6 heteroatoms. The SMILES string of the molecule is CC(C)[C@H](C(=O)O[C@@H](C)c1ccc(F)cc1)N1C(=O)c2ccccc2C1=O. The molecule has 0 aliphatic carbocycles. The molecule has 0 fully saturated rings. The molecule has 140 valence electrons. The standard InChI is InChI=1S/C21H20FNO4/c1-12(2)18(21(26)27-13(3)14-8-10-15(22)11-9-14)23-19(24)16-6-4-5-7-17(16)20(23)25/h4-13,18H,1-3H3/t13-,18+/m0/s1. The third-order valence-corrected chi connectivity index (χ3v) is 4.61. The average molecular weight is 369 g/mol. The third kappa shape index (κ3) is 3.47. The van der Waals surface area contributed by atoms with Gasteiger partial charge in [-0.1, -0.05) is 38.1 Å². The summed E-state index contributed by atoms with van der Waals surface area (Å²) in [4.78, 5) is 39.2. The van der Waals surface area contributed by atoms with Gasteiger partial charge < -0.3 is 4.74 Å². The summed E-state index contributed by atoms with van der Waals surface area (Å²) < 4.78 is 18.6. The lowest BCUT2D eigenvalue weighted by Crippen LogP contribution is -2.48. The third-order valence-electron chi connectivity index (χ3n) is 4.61. The summed E-state index contributed by atoms with van der Waals surface area (Å²) in [5, 5.41) is 0. The monoisotopic (exact) mass is 369 g/mol. The van der Waals surface area contributed by atoms with Crippen molar-refractivity contribution in [2.45, 2.75) is 32.9 Å². The van der Waals surface area contributed by atoms with E-state index in [0.29, 0.717) is 5.56 Å². The lowest BCUT2D eigenvalue weighted by molar-refractivity contribution is -0.155. The van der Waals surface area contributed by atoms with Crippen molar-refractivity contribution in [1.82, 2.24) is 4.90 Å². The normalized spacial score (nSPS) is 15.7. The number of ether oxygens (including phenoxy) is 1. The lowest BCUT2D eigenvalue weighted by atomic mass is 10.0. The number of amides is 2. The molecule has 0 bridgehead atoms. The van der Waals surface area contributed by atoms with Crippen LogP contribution in [-0.2, 0) is 9.53 Å². The predicted molar refractivity (Wildman–Crippen MR) is 96.5 cm³/mol. The molecule has 2 aromatic carbocycles. The second kappa shape index (κ2) is 7.31. The number of carbonyl (C=O) groups excluding carboxylic acids is 3. The van der Waals surface area contributed by atoms with Gasteiger partial charge in [-0.05, 0) is 42.7 Å². The molecular formula is C21H20FNO4. The van der Waals surface area contributed by atoms with Crippen LogP contribution in [0.4, 0.5) is 4.39 Å². The number of benzene rings is 2. The van der Waals surface area contributed by atoms with Gasteiger partial charge >= 0.3 is 5.97 Å². The first-order valence-corrected chi connectivity index (χ1v) is 8.74. The van der Waals surface area contributed by atoms with Gasteiger partial charge in [-0.15, -0.1) is 0 Å². The molecule has 27 heavy (non-hydrogen) atoms. The smallest absolute Gasteiger partial charge is 0.330 e. The van der Waals surface area contributed by atoms with Gasteiger partial charge in [0.1, 0.15) is 18.0 Å². The zero-order chi connectivity index (χ0) is 19.7. The van der Waals surface area contributed by atoms with Gasteiger partial charge in [0.15, 0.2) is 0 Å². The average Bonchev–Trinajstić information content (AvgIpc) is 2.88. The number of rotatable bonds is 5. The molecule has 2 atom stereocenters. The van der Waals surface area contributed by atoms with Crippen LogP contribution in [0.1, 0.15) is 53.2 Å². The first kappa shape index (κ1) is 18.8. The lowest BCUT2D eigenvalue weighted by Gasteiger charge is -2.28. The van der Waals surface area contributed by atoms with Gasteiger partial charge in [0.05, 0.1) is 11.1 Å². The van der Waals surface area contributed by atoms with E-state index in [1.165, 1.54) is 24.3 Å². The van der Waals surface area contributed by atoms with Crippen molar-refractivity contribution in [3.05, 3.63) is 71.0 Å². The molecule has 1 heterocycles. The van der Waals surface area contributed by atoms with Crippen molar-refractivity contribution in [1.29, 1.82) is 0 Å². The molecule has 0 aromatic heterocycles. The van der Waals surface area contributed by atoms with E-state index < -0.39 is 29.9 Å². The van der Waals surface area contributed by atoms with Gasteiger partial charge in [0.25, 0.3) is 11.8 Å². The highest BCUT2D eigenvalue weighted by Gasteiger charge is 2.44. The minimum atomic E-state index is -1.04. The van der Waals surface area contributed by atoms with Gasteiger partial charge in [-0.3, -0.25) is 14.5 Å². The van der Waals surface area contributed by atoms with Crippen LogP contribution in [0.15, 0.2) is 48.5 Å². The number of esters is 1. The molecule has 0 saturated heterocycles. The summed E-state index contributed by atoms with van der Waals surface area (Å²) in [6.45, 7) is 5.15. The zero-order valence-electron chi connectivity index (χ0n) is 15.3. The van der Waals surface area contributed by atoms with Crippen molar-refractivity contribution in [3.8, 4) is 0 Å². The minimum absolute atomic E-state index is 0.285. The van der Waals surface area contributed by atoms with Crippen LogP contribution >= 0.6 is 0 Å². The summed E-state index contributed by atoms with van der Waals surface area (Å²) in [5.74, 6) is -2.39. The summed E-state index contributed by atoms with van der Waals surface area (Å²) in [6, 6.07) is 11.1. The van der Waals surface area contributed by atoms with Crippen LogP contribution in [0.5, 0.6) is 0 Å². The Kier molecular flexibility index (Phi) is 5.08. The molecule has 0 N–H and O–H groups in total. The van der Waals surface area contributed by atoms with Crippen molar-refractivity contribution >= 4 is 17.8 Å². The van der Waals surface area contributed by atoms with Crippen molar-refractivity contribution in [2.24, 2.45) is 5.92 Å². The van der Waals surface area contributed by atoms with Crippen LogP contribution in [0, 0.1) is 11.7 Å². The minimum Gasteiger partial charge on any atom is -0.456 e. The number of hydrogen-bond acceptors (Lipinski definition) is 4. The molecule has 5 nitrogen and oxygen atoms in total. The van der Waals surface area contributed by atoms with Gasteiger partial charge in [0.2, 0.25) is 0 Å². The molecule has 0 spiro atoms. The Hall–Kier alpha value is -3.02. The second-order valence-corrected chi connectivity index (χ2v) is 6.85. The van der Waals surface area contributed by atoms with Crippen LogP contribution in [0.2, 0.25) is 0 Å². The molecule has 1 aliphatic heterocycles. The highest BCUT2D eigenvalue weighted by Crippen LogP contribution is 2.29. The summed E-state index contributed by atoms with van der Waals surface area (Å²) in [7, 11) is 0. The Bertz CT molecular complexity index is 856. The van der Waals surface area contributed by atoms with Crippen molar-refractivity contribution in [3.63, 3.8) is 0 Å². The second-order valence-electron chi connectivity index (χ2n) is 6.85. The maximum atomic E-state index is 13.1. The number of carbonyl (C=O) groups is 3. The summed E-state index contributed by atoms with van der Waals surface area (Å²) >= 11 is 0. The van der Waals surface area contributed by atoms with Crippen molar-refractivity contribution in [2.75, 3.05) is 0 Å².